The maximum Gasteiger partial charge on any atom is 0.0280 e. The summed E-state index contributed by atoms with van der Waals surface area (Å²) in [6.45, 7) is 2.22. The van der Waals surface area contributed by atoms with Crippen molar-refractivity contribution in [1.29, 1.82) is 0 Å². The lowest BCUT2D eigenvalue weighted by Gasteiger charge is -2.09. The van der Waals surface area contributed by atoms with Crippen molar-refractivity contribution in [2.75, 3.05) is 17.4 Å². The van der Waals surface area contributed by atoms with E-state index in [0.29, 0.717) is 5.41 Å². The van der Waals surface area contributed by atoms with Crippen LogP contribution in [-0.2, 0) is 0 Å². The summed E-state index contributed by atoms with van der Waals surface area (Å²) in [5, 5.41) is 0. The van der Waals surface area contributed by atoms with Crippen LogP contribution in [0.15, 0.2) is 0 Å². The van der Waals surface area contributed by atoms with Gasteiger partial charge in [0.1, 0.15) is 0 Å². The first-order valence-electron chi connectivity index (χ1n) is 4.47. The number of hydrogen-bond donors (Lipinski definition) is 0. The van der Waals surface area contributed by atoms with Gasteiger partial charge >= 0.3 is 0 Å². The molecule has 0 amide bonds. The molecule has 0 aromatic heterocycles. The van der Waals surface area contributed by atoms with Crippen molar-refractivity contribution in [3.8, 4) is 0 Å². The molecule has 0 aliphatic heterocycles. The Morgan fingerprint density at radius 1 is 1.45 bits per heavy atom. The largest absolute Gasteiger partial charge is 0.162 e. The molecule has 0 saturated heterocycles. The Hall–Kier alpha value is 0.640. The van der Waals surface area contributed by atoms with Crippen molar-refractivity contribution in [3.05, 3.63) is 0 Å². The third-order valence-electron chi connectivity index (χ3n) is 2.44. The van der Waals surface area contributed by atoms with Gasteiger partial charge in [-0.25, -0.2) is 0 Å². The van der Waals surface area contributed by atoms with E-state index >= 15 is 0 Å². The highest BCUT2D eigenvalue weighted by Crippen LogP contribution is 2.50. The van der Waals surface area contributed by atoms with E-state index in [1.54, 1.807) is 0 Å². The highest BCUT2D eigenvalue weighted by atomic mass is 35.5. The van der Waals surface area contributed by atoms with Gasteiger partial charge in [0.15, 0.2) is 0 Å². The Labute approximate surface area is 79.1 Å². The fourth-order valence-electron chi connectivity index (χ4n) is 1.32. The smallest absolute Gasteiger partial charge is 0.0280 e. The van der Waals surface area contributed by atoms with Crippen LogP contribution in [0.5, 0.6) is 0 Å². The zero-order valence-corrected chi connectivity index (χ0v) is 8.81. The quantitative estimate of drug-likeness (QED) is 0.458. The molecule has 0 aromatic rings. The highest BCUT2D eigenvalue weighted by molar-refractivity contribution is 7.99. The molecule has 11 heavy (non-hydrogen) atoms. The molecular weight excluding hydrogens is 176 g/mol. The molecule has 1 saturated carbocycles. The van der Waals surface area contributed by atoms with Gasteiger partial charge in [-0.3, -0.25) is 0 Å². The fraction of sp³-hybridized carbons (Fsp3) is 1.00. The molecule has 0 unspecified atom stereocenters. The van der Waals surface area contributed by atoms with Crippen molar-refractivity contribution in [1.82, 2.24) is 0 Å². The maximum absolute atomic E-state index is 5.86. The number of hydrogen-bond acceptors (Lipinski definition) is 1. The maximum atomic E-state index is 5.86. The van der Waals surface area contributed by atoms with Crippen LogP contribution >= 0.6 is 23.4 Å². The summed E-state index contributed by atoms with van der Waals surface area (Å²) >= 11 is 7.91. The van der Waals surface area contributed by atoms with Crippen LogP contribution in [0.1, 0.15) is 32.6 Å². The van der Waals surface area contributed by atoms with Crippen LogP contribution in [0.2, 0.25) is 0 Å². The molecular formula is C9H17ClS. The first-order valence-corrected chi connectivity index (χ1v) is 6.16. The molecule has 0 nitrogen and oxygen atoms in total. The summed E-state index contributed by atoms with van der Waals surface area (Å²) in [6, 6.07) is 0. The molecule has 0 N–H and O–H groups in total. The van der Waals surface area contributed by atoms with Gasteiger partial charge in [-0.2, -0.15) is 11.8 Å². The molecule has 1 rings (SSSR count). The van der Waals surface area contributed by atoms with Crippen LogP contribution in [0.4, 0.5) is 0 Å². The average Bonchev–Trinajstić information content (AvgIpc) is 2.80. The third-order valence-corrected chi connectivity index (χ3v) is 3.99. The van der Waals surface area contributed by atoms with Gasteiger partial charge in [0.05, 0.1) is 0 Å². The summed E-state index contributed by atoms with van der Waals surface area (Å²) in [4.78, 5) is 0. The summed E-state index contributed by atoms with van der Waals surface area (Å²) in [5.74, 6) is 3.48. The number of thioether (sulfide) groups is 1. The lowest BCUT2D eigenvalue weighted by Crippen LogP contribution is -2.02. The fourth-order valence-corrected chi connectivity index (χ4v) is 2.36. The van der Waals surface area contributed by atoms with Gasteiger partial charge in [-0.05, 0) is 42.6 Å². The Bertz CT molecular complexity index is 110. The minimum Gasteiger partial charge on any atom is -0.162 e. The number of alkyl halides is 1. The van der Waals surface area contributed by atoms with Crippen LogP contribution in [0.25, 0.3) is 0 Å². The molecule has 0 aromatic carbocycles. The van der Waals surface area contributed by atoms with E-state index in [2.05, 4.69) is 6.92 Å². The molecule has 2 heteroatoms. The van der Waals surface area contributed by atoms with Crippen LogP contribution < -0.4 is 0 Å². The van der Waals surface area contributed by atoms with Crippen LogP contribution in [0.3, 0.4) is 0 Å². The van der Waals surface area contributed by atoms with Gasteiger partial charge in [-0.1, -0.05) is 6.92 Å². The van der Waals surface area contributed by atoms with Crippen LogP contribution in [0, 0.1) is 5.41 Å². The van der Waals surface area contributed by atoms with Gasteiger partial charge in [0, 0.05) is 5.88 Å². The Kier molecular flexibility index (Phi) is 4.08. The first kappa shape index (κ1) is 9.73. The second-order valence-electron chi connectivity index (χ2n) is 3.43. The third kappa shape index (κ3) is 3.25. The molecule has 0 spiro atoms. The van der Waals surface area contributed by atoms with Crippen LogP contribution in [-0.4, -0.2) is 17.4 Å². The zero-order chi connectivity index (χ0) is 8.16. The molecule has 0 heterocycles. The van der Waals surface area contributed by atoms with Gasteiger partial charge in [-0.15, -0.1) is 11.6 Å². The number of halogens is 1. The first-order chi connectivity index (χ1) is 5.33. The van der Waals surface area contributed by atoms with Crippen molar-refractivity contribution in [3.63, 3.8) is 0 Å². The predicted molar refractivity (Wildman–Crippen MR) is 54.6 cm³/mol. The minimum atomic E-state index is 0.593. The summed E-state index contributed by atoms with van der Waals surface area (Å²) in [7, 11) is 0. The predicted octanol–water partition coefficient (Wildman–Crippen LogP) is 3.54. The Morgan fingerprint density at radius 3 is 2.64 bits per heavy atom. The van der Waals surface area contributed by atoms with Crippen molar-refractivity contribution in [2.24, 2.45) is 5.41 Å². The van der Waals surface area contributed by atoms with Crippen molar-refractivity contribution >= 4 is 23.4 Å². The summed E-state index contributed by atoms with van der Waals surface area (Å²) < 4.78 is 0. The Morgan fingerprint density at radius 2 is 2.18 bits per heavy atom. The average molecular weight is 193 g/mol. The van der Waals surface area contributed by atoms with E-state index < -0.39 is 0 Å². The molecule has 0 atom stereocenters. The van der Waals surface area contributed by atoms with Crippen molar-refractivity contribution < 1.29 is 0 Å². The molecule has 0 bridgehead atoms. The lowest BCUT2D eigenvalue weighted by molar-refractivity contribution is 0.519. The second-order valence-corrected chi connectivity index (χ2v) is 5.10. The Balaban J connectivity index is 1.94. The summed E-state index contributed by atoms with van der Waals surface area (Å²) in [6.07, 6.45) is 5.50. The van der Waals surface area contributed by atoms with Gasteiger partial charge in [0.2, 0.25) is 0 Å². The van der Waals surface area contributed by atoms with E-state index in [9.17, 15) is 0 Å². The summed E-state index contributed by atoms with van der Waals surface area (Å²) in [5.41, 5.74) is 0.593. The number of rotatable bonds is 6. The monoisotopic (exact) mass is 192 g/mol. The minimum absolute atomic E-state index is 0.593. The molecule has 1 aliphatic carbocycles. The molecule has 1 fully saturated rings. The lowest BCUT2D eigenvalue weighted by atomic mass is 10.0. The zero-order valence-electron chi connectivity index (χ0n) is 7.24. The van der Waals surface area contributed by atoms with E-state index in [1.807, 2.05) is 11.8 Å². The molecule has 1 aliphatic rings. The normalized spacial score (nSPS) is 20.2. The van der Waals surface area contributed by atoms with Gasteiger partial charge in [0.25, 0.3) is 0 Å². The highest BCUT2D eigenvalue weighted by Gasteiger charge is 2.40. The van der Waals surface area contributed by atoms with Crippen molar-refractivity contribution in [2.45, 2.75) is 32.6 Å². The standard InChI is InChI=1S/C9H17ClS/c1-2-11-7-3-4-9(8-10)5-6-9/h2-8H2,1H3. The SMILES string of the molecule is CCSCCCC1(CCl)CC1. The molecule has 0 radical (unpaired) electrons. The van der Waals surface area contributed by atoms with E-state index in [0.717, 1.165) is 5.88 Å². The molecule has 66 valence electrons. The van der Waals surface area contributed by atoms with E-state index in [-0.39, 0.29) is 0 Å². The second kappa shape index (κ2) is 4.61. The van der Waals surface area contributed by atoms with Gasteiger partial charge < -0.3 is 0 Å². The van der Waals surface area contributed by atoms with E-state index in [4.69, 9.17) is 11.6 Å². The topological polar surface area (TPSA) is 0 Å². The van der Waals surface area contributed by atoms with E-state index in [1.165, 1.54) is 37.2 Å².